The van der Waals surface area contributed by atoms with Crippen LogP contribution in [0.3, 0.4) is 0 Å². The van der Waals surface area contributed by atoms with Crippen molar-refractivity contribution < 1.29 is 9.47 Å². The van der Waals surface area contributed by atoms with Crippen molar-refractivity contribution in [2.45, 2.75) is 36.8 Å². The van der Waals surface area contributed by atoms with Crippen LogP contribution in [0, 0.1) is 0 Å². The quantitative estimate of drug-likeness (QED) is 0.197. The van der Waals surface area contributed by atoms with Gasteiger partial charge in [-0.3, -0.25) is 4.99 Å². The first-order chi connectivity index (χ1) is 12.2. The van der Waals surface area contributed by atoms with Crippen LogP contribution in [-0.4, -0.2) is 63.7 Å². The zero-order valence-electron chi connectivity index (χ0n) is 16.1. The second kappa shape index (κ2) is 13.6. The SMILES string of the molecule is CN=C(NCCCOC1CCOCC1)N(C)Cc1ccc(SC)cc1.I. The Morgan fingerprint density at radius 3 is 2.62 bits per heavy atom. The fraction of sp³-hybridized carbons (Fsp3) is 0.632. The normalized spacial score (nSPS) is 15.4. The monoisotopic (exact) mass is 493 g/mol. The van der Waals surface area contributed by atoms with Crippen molar-refractivity contribution in [2.75, 3.05) is 46.7 Å². The van der Waals surface area contributed by atoms with Gasteiger partial charge in [0.05, 0.1) is 6.10 Å². The van der Waals surface area contributed by atoms with E-state index in [4.69, 9.17) is 9.47 Å². The molecule has 0 saturated carbocycles. The Kier molecular flexibility index (Phi) is 12.3. The topological polar surface area (TPSA) is 46.1 Å². The van der Waals surface area contributed by atoms with Crippen LogP contribution in [0.1, 0.15) is 24.8 Å². The summed E-state index contributed by atoms with van der Waals surface area (Å²) in [5.41, 5.74) is 1.28. The standard InChI is InChI=1S/C19H31N3O2S.HI/c1-20-19(21-11-4-12-24-17-9-13-23-14-10-17)22(2)15-16-5-7-18(25-3)8-6-16;/h5-8,17H,4,9-15H2,1-3H3,(H,20,21);1H. The fourth-order valence-corrected chi connectivity index (χ4v) is 3.24. The van der Waals surface area contributed by atoms with Crippen molar-refractivity contribution in [3.63, 3.8) is 0 Å². The molecule has 1 saturated heterocycles. The maximum absolute atomic E-state index is 5.90. The molecule has 7 heteroatoms. The third-order valence-electron chi connectivity index (χ3n) is 4.28. The molecule has 0 aliphatic carbocycles. The van der Waals surface area contributed by atoms with E-state index in [9.17, 15) is 0 Å². The van der Waals surface area contributed by atoms with Gasteiger partial charge in [-0.25, -0.2) is 0 Å². The Morgan fingerprint density at radius 2 is 2.00 bits per heavy atom. The molecule has 1 aromatic carbocycles. The maximum atomic E-state index is 5.90. The molecule has 5 nitrogen and oxygen atoms in total. The lowest BCUT2D eigenvalue weighted by Crippen LogP contribution is -2.39. The lowest BCUT2D eigenvalue weighted by atomic mass is 10.1. The van der Waals surface area contributed by atoms with E-state index in [-0.39, 0.29) is 24.0 Å². The minimum atomic E-state index is 0. The van der Waals surface area contributed by atoms with Gasteiger partial charge in [0.25, 0.3) is 0 Å². The second-order valence-electron chi connectivity index (χ2n) is 6.21. The van der Waals surface area contributed by atoms with Crippen molar-refractivity contribution in [2.24, 2.45) is 4.99 Å². The first kappa shape index (κ1) is 23.5. The molecule has 1 aliphatic heterocycles. The van der Waals surface area contributed by atoms with Gasteiger partial charge in [-0.15, -0.1) is 35.7 Å². The molecule has 0 spiro atoms. The third-order valence-corrected chi connectivity index (χ3v) is 5.02. The molecule has 0 atom stereocenters. The molecule has 0 radical (unpaired) electrons. The predicted octanol–water partition coefficient (Wildman–Crippen LogP) is 3.62. The predicted molar refractivity (Wildman–Crippen MR) is 121 cm³/mol. The summed E-state index contributed by atoms with van der Waals surface area (Å²) in [5, 5.41) is 3.42. The van der Waals surface area contributed by atoms with E-state index < -0.39 is 0 Å². The maximum Gasteiger partial charge on any atom is 0.193 e. The summed E-state index contributed by atoms with van der Waals surface area (Å²) >= 11 is 1.76. The molecule has 1 heterocycles. The highest BCUT2D eigenvalue weighted by Gasteiger charge is 2.13. The number of thioether (sulfide) groups is 1. The summed E-state index contributed by atoms with van der Waals surface area (Å²) in [7, 11) is 3.89. The number of nitrogens with one attached hydrogen (secondary N) is 1. The van der Waals surface area contributed by atoms with Crippen LogP contribution < -0.4 is 5.32 Å². The lowest BCUT2D eigenvalue weighted by molar-refractivity contribution is -0.0320. The van der Waals surface area contributed by atoms with Crippen LogP contribution in [0.5, 0.6) is 0 Å². The molecule has 1 fully saturated rings. The Balaban J connectivity index is 0.00000338. The van der Waals surface area contributed by atoms with Crippen LogP contribution in [-0.2, 0) is 16.0 Å². The van der Waals surface area contributed by atoms with Gasteiger partial charge >= 0.3 is 0 Å². The number of ether oxygens (including phenoxy) is 2. The summed E-state index contributed by atoms with van der Waals surface area (Å²) in [6.07, 6.45) is 5.49. The third kappa shape index (κ3) is 8.45. The molecular formula is C19H32IN3O2S. The highest BCUT2D eigenvalue weighted by molar-refractivity contribution is 14.0. The number of benzene rings is 1. The zero-order valence-corrected chi connectivity index (χ0v) is 19.2. The minimum Gasteiger partial charge on any atom is -0.381 e. The van der Waals surface area contributed by atoms with Gasteiger partial charge in [0, 0.05) is 51.9 Å². The fourth-order valence-electron chi connectivity index (χ4n) is 2.83. The number of aliphatic imine (C=N–C) groups is 1. The summed E-state index contributed by atoms with van der Waals surface area (Å²) in [6, 6.07) is 8.68. The number of nitrogens with zero attached hydrogens (tertiary/aromatic N) is 2. The molecule has 1 aromatic rings. The van der Waals surface area contributed by atoms with Gasteiger partial charge in [-0.2, -0.15) is 0 Å². The van der Waals surface area contributed by atoms with E-state index in [0.717, 1.165) is 58.1 Å². The van der Waals surface area contributed by atoms with E-state index in [1.54, 1.807) is 11.8 Å². The van der Waals surface area contributed by atoms with Gasteiger partial charge in [0.2, 0.25) is 0 Å². The van der Waals surface area contributed by atoms with Crippen LogP contribution in [0.2, 0.25) is 0 Å². The van der Waals surface area contributed by atoms with Gasteiger partial charge in [-0.1, -0.05) is 12.1 Å². The number of hydrogen-bond donors (Lipinski definition) is 1. The molecule has 0 amide bonds. The summed E-state index contributed by atoms with van der Waals surface area (Å²) in [6.45, 7) is 4.16. The minimum absolute atomic E-state index is 0. The Hall–Kier alpha value is -0.510. The van der Waals surface area contributed by atoms with Crippen molar-refractivity contribution in [3.8, 4) is 0 Å². The molecule has 0 unspecified atom stereocenters. The van der Waals surface area contributed by atoms with E-state index in [2.05, 4.69) is 52.8 Å². The highest BCUT2D eigenvalue weighted by Crippen LogP contribution is 2.15. The Bertz CT molecular complexity index is 522. The number of halogens is 1. The zero-order chi connectivity index (χ0) is 17.9. The van der Waals surface area contributed by atoms with Gasteiger partial charge in [0.15, 0.2) is 5.96 Å². The van der Waals surface area contributed by atoms with Gasteiger partial charge in [0.1, 0.15) is 0 Å². The average Bonchev–Trinajstić information content (AvgIpc) is 2.66. The van der Waals surface area contributed by atoms with Crippen molar-refractivity contribution >= 4 is 41.7 Å². The van der Waals surface area contributed by atoms with Gasteiger partial charge < -0.3 is 19.7 Å². The second-order valence-corrected chi connectivity index (χ2v) is 7.09. The summed E-state index contributed by atoms with van der Waals surface area (Å²) in [4.78, 5) is 7.81. The molecule has 0 aromatic heterocycles. The van der Waals surface area contributed by atoms with Gasteiger partial charge in [-0.05, 0) is 43.2 Å². The van der Waals surface area contributed by atoms with Crippen molar-refractivity contribution in [1.29, 1.82) is 0 Å². The highest BCUT2D eigenvalue weighted by atomic mass is 127. The first-order valence-electron chi connectivity index (χ1n) is 8.97. The molecule has 0 bridgehead atoms. The van der Waals surface area contributed by atoms with Crippen molar-refractivity contribution in [3.05, 3.63) is 29.8 Å². The summed E-state index contributed by atoms with van der Waals surface area (Å²) < 4.78 is 11.2. The van der Waals surface area contributed by atoms with E-state index in [0.29, 0.717) is 6.10 Å². The largest absolute Gasteiger partial charge is 0.381 e. The molecule has 148 valence electrons. The molecule has 2 rings (SSSR count). The molecule has 1 aliphatic rings. The smallest absolute Gasteiger partial charge is 0.193 e. The molecular weight excluding hydrogens is 461 g/mol. The van der Waals surface area contributed by atoms with Crippen molar-refractivity contribution in [1.82, 2.24) is 10.2 Å². The number of rotatable bonds is 8. The Morgan fingerprint density at radius 1 is 1.31 bits per heavy atom. The summed E-state index contributed by atoms with van der Waals surface area (Å²) in [5.74, 6) is 0.917. The number of guanidine groups is 1. The Labute approximate surface area is 179 Å². The van der Waals surface area contributed by atoms with Crippen LogP contribution in [0.25, 0.3) is 0 Å². The van der Waals surface area contributed by atoms with E-state index in [1.807, 2.05) is 7.05 Å². The van der Waals surface area contributed by atoms with Crippen LogP contribution >= 0.6 is 35.7 Å². The molecule has 26 heavy (non-hydrogen) atoms. The van der Waals surface area contributed by atoms with E-state index >= 15 is 0 Å². The number of hydrogen-bond acceptors (Lipinski definition) is 4. The average molecular weight is 493 g/mol. The lowest BCUT2D eigenvalue weighted by Gasteiger charge is -2.24. The van der Waals surface area contributed by atoms with Crippen LogP contribution in [0.4, 0.5) is 0 Å². The van der Waals surface area contributed by atoms with E-state index in [1.165, 1.54) is 10.5 Å². The first-order valence-corrected chi connectivity index (χ1v) is 10.2. The molecule has 1 N–H and O–H groups in total. The van der Waals surface area contributed by atoms with Crippen LogP contribution in [0.15, 0.2) is 34.2 Å².